The Bertz CT molecular complexity index is 1490. The lowest BCUT2D eigenvalue weighted by Crippen LogP contribution is -2.46. The van der Waals surface area contributed by atoms with Gasteiger partial charge in [-0.15, -0.1) is 12.4 Å². The number of fused-ring (bicyclic) bond motifs is 2. The summed E-state index contributed by atoms with van der Waals surface area (Å²) in [6, 6.07) is 3.11. The first-order chi connectivity index (χ1) is 21.2. The molecule has 1 saturated heterocycles. The number of hydrogen-bond acceptors (Lipinski definition) is 12. The summed E-state index contributed by atoms with van der Waals surface area (Å²) in [7, 11) is 0. The van der Waals surface area contributed by atoms with E-state index in [9.17, 15) is 9.59 Å². The van der Waals surface area contributed by atoms with Crippen LogP contribution in [0.2, 0.25) is 0 Å². The number of carbonyl (C=O) groups is 2. The fourth-order valence-corrected chi connectivity index (χ4v) is 6.89. The number of piperidine rings is 1. The number of nitrogen functional groups attached to an aromatic ring is 1. The van der Waals surface area contributed by atoms with Crippen molar-refractivity contribution in [2.75, 3.05) is 38.6 Å². The van der Waals surface area contributed by atoms with Crippen molar-refractivity contribution in [2.24, 2.45) is 17.4 Å². The Morgan fingerprint density at radius 1 is 1.16 bits per heavy atom. The van der Waals surface area contributed by atoms with Gasteiger partial charge in [0.1, 0.15) is 25.6 Å². The molecule has 1 aromatic carbocycles. The molecular formula is C29H40BrClN8O5S. The number of aryl methyl sites for hydroxylation is 1. The van der Waals surface area contributed by atoms with Crippen LogP contribution in [0.15, 0.2) is 33.0 Å². The van der Waals surface area contributed by atoms with Crippen LogP contribution >= 0.6 is 40.1 Å². The zero-order chi connectivity index (χ0) is 31.2. The number of nitrogens with zero attached hydrogens (tertiary/aromatic N) is 5. The number of ether oxygens (including phenoxy) is 3. The Balaban J connectivity index is 0.00000461. The predicted octanol–water partition coefficient (Wildman–Crippen LogP) is 3.53. The van der Waals surface area contributed by atoms with Gasteiger partial charge in [-0.05, 0) is 79.6 Å². The van der Waals surface area contributed by atoms with Crippen molar-refractivity contribution in [1.82, 2.24) is 24.4 Å². The highest BCUT2D eigenvalue weighted by Crippen LogP contribution is 2.42. The molecule has 0 bridgehead atoms. The second kappa shape index (κ2) is 16.1. The molecule has 246 valence electrons. The van der Waals surface area contributed by atoms with E-state index in [0.29, 0.717) is 80.2 Å². The molecule has 2 aliphatic rings. The highest BCUT2D eigenvalue weighted by Gasteiger charge is 2.30. The molecule has 4 heterocycles. The summed E-state index contributed by atoms with van der Waals surface area (Å²) in [5.74, 6) is 1.38. The van der Waals surface area contributed by atoms with E-state index in [0.717, 1.165) is 46.6 Å². The molecule has 16 heteroatoms. The van der Waals surface area contributed by atoms with Gasteiger partial charge in [0.15, 0.2) is 39.7 Å². The number of esters is 1. The lowest BCUT2D eigenvalue weighted by Gasteiger charge is -2.33. The maximum atomic E-state index is 13.0. The van der Waals surface area contributed by atoms with Gasteiger partial charge < -0.3 is 40.9 Å². The summed E-state index contributed by atoms with van der Waals surface area (Å²) < 4.78 is 19.8. The van der Waals surface area contributed by atoms with Gasteiger partial charge in [-0.25, -0.2) is 15.0 Å². The molecule has 0 spiro atoms. The first-order valence-corrected chi connectivity index (χ1v) is 16.5. The third-order valence-electron chi connectivity index (χ3n) is 7.92. The van der Waals surface area contributed by atoms with E-state index >= 15 is 0 Å². The molecule has 1 fully saturated rings. The van der Waals surface area contributed by atoms with E-state index in [-0.39, 0.29) is 18.3 Å². The number of halogens is 2. The second-order valence-corrected chi connectivity index (χ2v) is 12.9. The summed E-state index contributed by atoms with van der Waals surface area (Å²) in [4.78, 5) is 41.5. The number of anilines is 1. The summed E-state index contributed by atoms with van der Waals surface area (Å²) in [6.07, 6.45) is 5.15. The van der Waals surface area contributed by atoms with Crippen LogP contribution in [-0.4, -0.2) is 81.3 Å². The van der Waals surface area contributed by atoms with Gasteiger partial charge in [-0.1, -0.05) is 18.2 Å². The molecule has 0 aliphatic carbocycles. The summed E-state index contributed by atoms with van der Waals surface area (Å²) in [5.41, 5.74) is 18.8. The third-order valence-corrected chi connectivity index (χ3v) is 9.89. The second-order valence-electron chi connectivity index (χ2n) is 11.0. The van der Waals surface area contributed by atoms with Crippen molar-refractivity contribution in [2.45, 2.75) is 74.2 Å². The molecular weight excluding hydrogens is 688 g/mol. The van der Waals surface area contributed by atoms with E-state index < -0.39 is 18.1 Å². The lowest BCUT2D eigenvalue weighted by molar-refractivity contribution is -0.160. The minimum Gasteiger partial charge on any atom is -0.486 e. The fourth-order valence-electron chi connectivity index (χ4n) is 5.38. The van der Waals surface area contributed by atoms with Gasteiger partial charge in [-0.2, -0.15) is 0 Å². The molecule has 6 N–H and O–H groups in total. The van der Waals surface area contributed by atoms with Crippen LogP contribution in [0, 0.1) is 5.92 Å². The number of rotatable bonds is 12. The average Bonchev–Trinajstić information content (AvgIpc) is 3.38. The summed E-state index contributed by atoms with van der Waals surface area (Å²) in [5, 5.41) is 0.745. The van der Waals surface area contributed by atoms with Gasteiger partial charge in [0.2, 0.25) is 0 Å². The predicted molar refractivity (Wildman–Crippen MR) is 177 cm³/mol. The van der Waals surface area contributed by atoms with Crippen LogP contribution in [-0.2, 0) is 20.9 Å². The number of imidazole rings is 1. The number of likely N-dealkylation sites (tertiary alicyclic amines) is 1. The Morgan fingerprint density at radius 3 is 2.58 bits per heavy atom. The first-order valence-electron chi connectivity index (χ1n) is 14.9. The van der Waals surface area contributed by atoms with E-state index in [1.807, 2.05) is 12.1 Å². The quantitative estimate of drug-likeness (QED) is 0.182. The van der Waals surface area contributed by atoms with Crippen LogP contribution < -0.4 is 26.7 Å². The van der Waals surface area contributed by atoms with Crippen molar-refractivity contribution in [1.29, 1.82) is 0 Å². The molecule has 2 aliphatic heterocycles. The zero-order valence-corrected chi connectivity index (χ0v) is 28.4. The van der Waals surface area contributed by atoms with E-state index in [2.05, 4.69) is 30.5 Å². The molecule has 2 atom stereocenters. The molecule has 0 unspecified atom stereocenters. The molecule has 3 aromatic rings. The van der Waals surface area contributed by atoms with Crippen molar-refractivity contribution in [3.63, 3.8) is 0 Å². The fraction of sp³-hybridized carbons (Fsp3) is 0.552. The standard InChI is InChI=1S/C29H39BrN8O5S.ClH/c1-17(43-28(40)20(32)4-2-3-8-31)27(39)37-9-5-18(6-10-37)7-11-38-26-24(25(33)34-16-35-26)36-29(38)44-23-15-22-21(14-19(23)30)41-12-13-42-22;/h14-18,20H,2-13,31-32H2,1H3,(H2,33,34,35);1H/t17-,20+;/m1./s1. The maximum absolute atomic E-state index is 13.0. The monoisotopic (exact) mass is 726 g/mol. The molecule has 2 aromatic heterocycles. The van der Waals surface area contributed by atoms with E-state index in [1.54, 1.807) is 11.8 Å². The molecule has 1 amide bonds. The molecule has 0 saturated carbocycles. The number of unbranched alkanes of at least 4 members (excludes halogenated alkanes) is 1. The number of nitrogens with two attached hydrogens (primary N) is 3. The first kappa shape index (κ1) is 35.0. The van der Waals surface area contributed by atoms with Gasteiger partial charge in [0.25, 0.3) is 5.91 Å². The topological polar surface area (TPSA) is 187 Å². The zero-order valence-electron chi connectivity index (χ0n) is 25.2. The highest BCUT2D eigenvalue weighted by atomic mass is 79.9. The van der Waals surface area contributed by atoms with Crippen molar-refractivity contribution >= 4 is 69.0 Å². The van der Waals surface area contributed by atoms with Gasteiger partial charge in [0.05, 0.1) is 0 Å². The van der Waals surface area contributed by atoms with Crippen LogP contribution in [0.1, 0.15) is 45.4 Å². The number of aromatic nitrogens is 4. The SMILES string of the molecule is C[C@@H](OC(=O)[C@@H](N)CCCCN)C(=O)N1CCC(CCn2c(Sc3cc4c(cc3Br)OCCO4)nc3c(N)ncnc32)CC1.Cl. The Labute approximate surface area is 280 Å². The number of benzene rings is 1. The van der Waals surface area contributed by atoms with Gasteiger partial charge >= 0.3 is 5.97 Å². The maximum Gasteiger partial charge on any atom is 0.323 e. The normalized spacial score (nSPS) is 16.2. The van der Waals surface area contributed by atoms with E-state index in [4.69, 9.17) is 36.4 Å². The average molecular weight is 728 g/mol. The summed E-state index contributed by atoms with van der Waals surface area (Å²) in [6.45, 7) is 5.04. The van der Waals surface area contributed by atoms with Crippen molar-refractivity contribution in [3.8, 4) is 11.5 Å². The molecule has 0 radical (unpaired) electrons. The number of hydrogen-bond donors (Lipinski definition) is 3. The Morgan fingerprint density at radius 2 is 1.87 bits per heavy atom. The molecule has 45 heavy (non-hydrogen) atoms. The highest BCUT2D eigenvalue weighted by molar-refractivity contribution is 9.10. The van der Waals surface area contributed by atoms with Gasteiger partial charge in [0, 0.05) is 29.0 Å². The minimum atomic E-state index is -0.874. The van der Waals surface area contributed by atoms with Crippen LogP contribution in [0.5, 0.6) is 11.5 Å². The summed E-state index contributed by atoms with van der Waals surface area (Å²) >= 11 is 5.15. The van der Waals surface area contributed by atoms with Crippen LogP contribution in [0.3, 0.4) is 0 Å². The van der Waals surface area contributed by atoms with Crippen LogP contribution in [0.25, 0.3) is 11.2 Å². The van der Waals surface area contributed by atoms with Crippen LogP contribution in [0.4, 0.5) is 5.82 Å². The minimum absolute atomic E-state index is 0. The van der Waals surface area contributed by atoms with Crippen molar-refractivity contribution < 1.29 is 23.8 Å². The lowest BCUT2D eigenvalue weighted by atomic mass is 9.93. The largest absolute Gasteiger partial charge is 0.486 e. The number of amides is 1. The van der Waals surface area contributed by atoms with Crippen molar-refractivity contribution in [3.05, 3.63) is 22.9 Å². The molecule has 13 nitrogen and oxygen atoms in total. The van der Waals surface area contributed by atoms with Gasteiger partial charge in [-0.3, -0.25) is 9.59 Å². The smallest absolute Gasteiger partial charge is 0.323 e. The molecule has 5 rings (SSSR count). The van der Waals surface area contributed by atoms with E-state index in [1.165, 1.54) is 18.1 Å². The Hall–Kier alpha value is -2.85. The number of carbonyl (C=O) groups excluding carboxylic acids is 2. The third kappa shape index (κ3) is 8.50. The Kier molecular flexibility index (Phi) is 12.5.